The molecule has 6 nitrogen and oxygen atoms in total. The summed E-state index contributed by atoms with van der Waals surface area (Å²) in [6.07, 6.45) is 2.88. The molecule has 0 spiro atoms. The van der Waals surface area contributed by atoms with Gasteiger partial charge in [-0.1, -0.05) is 13.3 Å². The number of aliphatic imine (C=N–C) groups is 1. The van der Waals surface area contributed by atoms with Crippen LogP contribution in [0.15, 0.2) is 4.99 Å². The third kappa shape index (κ3) is 6.67. The van der Waals surface area contributed by atoms with Crippen LogP contribution in [0.2, 0.25) is 0 Å². The summed E-state index contributed by atoms with van der Waals surface area (Å²) < 4.78 is 23.5. The fraction of sp³-hybridized carbons (Fsp3) is 0.938. The van der Waals surface area contributed by atoms with Crippen molar-refractivity contribution in [3.05, 3.63) is 0 Å². The van der Waals surface area contributed by atoms with Crippen LogP contribution in [0.25, 0.3) is 0 Å². The van der Waals surface area contributed by atoms with E-state index < -0.39 is 14.6 Å². The molecule has 24 heavy (non-hydrogen) atoms. The first-order chi connectivity index (χ1) is 10.8. The van der Waals surface area contributed by atoms with E-state index in [1.54, 1.807) is 13.8 Å². The maximum Gasteiger partial charge on any atom is 0.194 e. The minimum Gasteiger partial charge on any atom is -0.396 e. The van der Waals surface area contributed by atoms with Crippen LogP contribution in [-0.2, 0) is 9.84 Å². The quantitative estimate of drug-likeness (QED) is 0.334. The van der Waals surface area contributed by atoms with E-state index in [0.717, 1.165) is 31.8 Å². The molecule has 0 aliphatic carbocycles. The largest absolute Gasteiger partial charge is 0.396 e. The number of aliphatic hydroxyl groups excluding tert-OH is 1. The van der Waals surface area contributed by atoms with Gasteiger partial charge >= 0.3 is 0 Å². The van der Waals surface area contributed by atoms with E-state index in [-0.39, 0.29) is 36.3 Å². The molecule has 0 saturated carbocycles. The lowest BCUT2D eigenvalue weighted by molar-refractivity contribution is 0.253. The molecule has 2 N–H and O–H groups in total. The average Bonchev–Trinajstić information content (AvgIpc) is 2.47. The van der Waals surface area contributed by atoms with Crippen LogP contribution in [-0.4, -0.2) is 67.7 Å². The maximum atomic E-state index is 12.2. The van der Waals surface area contributed by atoms with Crippen molar-refractivity contribution < 1.29 is 13.5 Å². The molecule has 0 amide bonds. The monoisotopic (exact) mass is 475 g/mol. The SMILES string of the molecule is CCCC(CCO)CN=C(NCC)N1CCS(=O)(=O)C(C)(C)C1.I. The Morgan fingerprint density at radius 2 is 2.00 bits per heavy atom. The van der Waals surface area contributed by atoms with E-state index in [1.807, 2.05) is 11.8 Å². The van der Waals surface area contributed by atoms with Crippen LogP contribution in [0.3, 0.4) is 0 Å². The molecule has 1 aliphatic rings. The van der Waals surface area contributed by atoms with Crippen molar-refractivity contribution in [2.24, 2.45) is 10.9 Å². The fourth-order valence-electron chi connectivity index (χ4n) is 2.88. The predicted molar refractivity (Wildman–Crippen MR) is 111 cm³/mol. The molecular formula is C16H34IN3O3S. The summed E-state index contributed by atoms with van der Waals surface area (Å²) in [4.78, 5) is 6.76. The maximum absolute atomic E-state index is 12.2. The summed E-state index contributed by atoms with van der Waals surface area (Å²) in [7, 11) is -3.05. The third-order valence-corrected chi connectivity index (χ3v) is 6.94. The molecule has 1 atom stereocenters. The minimum atomic E-state index is -3.05. The van der Waals surface area contributed by atoms with E-state index in [4.69, 9.17) is 10.1 Å². The standard InChI is InChI=1S/C16H33N3O3S.HI/c1-5-7-14(8-10-20)12-18-15(17-6-2)19-9-11-23(21,22)16(3,4)13-19;/h14,20H,5-13H2,1-4H3,(H,17,18);1H. The zero-order valence-electron chi connectivity index (χ0n) is 15.4. The summed E-state index contributed by atoms with van der Waals surface area (Å²) >= 11 is 0. The number of sulfone groups is 1. The Kier molecular flexibility index (Phi) is 10.8. The Morgan fingerprint density at radius 1 is 1.33 bits per heavy atom. The summed E-state index contributed by atoms with van der Waals surface area (Å²) in [5.41, 5.74) is 0. The molecule has 0 aromatic heterocycles. The smallest absolute Gasteiger partial charge is 0.194 e. The molecule has 0 aromatic carbocycles. The van der Waals surface area contributed by atoms with E-state index in [0.29, 0.717) is 25.6 Å². The van der Waals surface area contributed by atoms with Crippen LogP contribution in [0.1, 0.15) is 47.0 Å². The second kappa shape index (κ2) is 10.8. The van der Waals surface area contributed by atoms with Crippen molar-refractivity contribution in [2.45, 2.75) is 51.7 Å². The molecule has 1 fully saturated rings. The van der Waals surface area contributed by atoms with Gasteiger partial charge in [0.05, 0.1) is 10.5 Å². The highest BCUT2D eigenvalue weighted by Crippen LogP contribution is 2.24. The number of aliphatic hydroxyl groups is 1. The van der Waals surface area contributed by atoms with Crippen molar-refractivity contribution in [3.8, 4) is 0 Å². The fourth-order valence-corrected chi connectivity index (χ4v) is 4.25. The third-order valence-electron chi connectivity index (χ3n) is 4.41. The lowest BCUT2D eigenvalue weighted by Crippen LogP contribution is -2.57. The Morgan fingerprint density at radius 3 is 2.50 bits per heavy atom. The Balaban J connectivity index is 0.00000529. The number of rotatable bonds is 7. The van der Waals surface area contributed by atoms with Crippen molar-refractivity contribution in [3.63, 3.8) is 0 Å². The number of nitrogens with one attached hydrogen (secondary N) is 1. The van der Waals surface area contributed by atoms with Crippen LogP contribution < -0.4 is 5.32 Å². The van der Waals surface area contributed by atoms with Gasteiger partial charge < -0.3 is 15.3 Å². The molecule has 1 rings (SSSR count). The Bertz CT molecular complexity index is 489. The predicted octanol–water partition coefficient (Wildman–Crippen LogP) is 1.88. The molecule has 1 heterocycles. The Labute approximate surface area is 164 Å². The van der Waals surface area contributed by atoms with Crippen molar-refractivity contribution >= 4 is 39.8 Å². The molecule has 1 unspecified atom stereocenters. The first-order valence-corrected chi connectivity index (χ1v) is 10.3. The van der Waals surface area contributed by atoms with Crippen molar-refractivity contribution in [1.82, 2.24) is 10.2 Å². The van der Waals surface area contributed by atoms with E-state index in [2.05, 4.69) is 12.2 Å². The van der Waals surface area contributed by atoms with Crippen LogP contribution in [0.4, 0.5) is 0 Å². The first-order valence-electron chi connectivity index (χ1n) is 8.63. The lowest BCUT2D eigenvalue weighted by atomic mass is 10.0. The number of halogens is 1. The van der Waals surface area contributed by atoms with Gasteiger partial charge in [0.2, 0.25) is 0 Å². The van der Waals surface area contributed by atoms with E-state index >= 15 is 0 Å². The van der Waals surface area contributed by atoms with Gasteiger partial charge in [0, 0.05) is 32.8 Å². The number of hydrogen-bond acceptors (Lipinski definition) is 4. The van der Waals surface area contributed by atoms with Gasteiger partial charge in [0.15, 0.2) is 15.8 Å². The van der Waals surface area contributed by atoms with E-state index in [9.17, 15) is 8.42 Å². The molecule has 8 heteroatoms. The zero-order chi connectivity index (χ0) is 17.5. The normalized spacial score (nSPS) is 21.0. The summed E-state index contributed by atoms with van der Waals surface area (Å²) in [5, 5.41) is 12.4. The average molecular weight is 475 g/mol. The molecule has 0 radical (unpaired) electrons. The Hall–Kier alpha value is -0.0900. The van der Waals surface area contributed by atoms with Gasteiger partial charge in [-0.2, -0.15) is 0 Å². The van der Waals surface area contributed by atoms with Gasteiger partial charge in [0.1, 0.15) is 0 Å². The van der Waals surface area contributed by atoms with Crippen LogP contribution >= 0.6 is 24.0 Å². The molecule has 144 valence electrons. The molecule has 0 aromatic rings. The molecule has 1 aliphatic heterocycles. The van der Waals surface area contributed by atoms with Crippen molar-refractivity contribution in [2.75, 3.05) is 38.5 Å². The van der Waals surface area contributed by atoms with Gasteiger partial charge in [-0.25, -0.2) is 8.42 Å². The highest BCUT2D eigenvalue weighted by molar-refractivity contribution is 14.0. The summed E-state index contributed by atoms with van der Waals surface area (Å²) in [6, 6.07) is 0. The summed E-state index contributed by atoms with van der Waals surface area (Å²) in [6.45, 7) is 10.3. The van der Waals surface area contributed by atoms with Gasteiger partial charge in [-0.15, -0.1) is 24.0 Å². The minimum absolute atomic E-state index is 0. The van der Waals surface area contributed by atoms with Crippen LogP contribution in [0, 0.1) is 5.92 Å². The molecule has 1 saturated heterocycles. The topological polar surface area (TPSA) is 82.0 Å². The highest BCUT2D eigenvalue weighted by atomic mass is 127. The highest BCUT2D eigenvalue weighted by Gasteiger charge is 2.40. The van der Waals surface area contributed by atoms with Gasteiger partial charge in [-0.05, 0) is 39.5 Å². The number of hydrogen-bond donors (Lipinski definition) is 2. The first kappa shape index (κ1) is 23.9. The van der Waals surface area contributed by atoms with Gasteiger partial charge in [-0.3, -0.25) is 4.99 Å². The second-order valence-electron chi connectivity index (χ2n) is 6.86. The van der Waals surface area contributed by atoms with Crippen molar-refractivity contribution in [1.29, 1.82) is 0 Å². The van der Waals surface area contributed by atoms with Gasteiger partial charge in [0.25, 0.3) is 0 Å². The lowest BCUT2D eigenvalue weighted by Gasteiger charge is -2.39. The number of nitrogens with zero attached hydrogens (tertiary/aromatic N) is 2. The second-order valence-corrected chi connectivity index (χ2v) is 9.60. The number of guanidine groups is 1. The molecule has 0 bridgehead atoms. The van der Waals surface area contributed by atoms with E-state index in [1.165, 1.54) is 0 Å². The molecular weight excluding hydrogens is 441 g/mol. The van der Waals surface area contributed by atoms with Crippen LogP contribution in [0.5, 0.6) is 0 Å². The zero-order valence-corrected chi connectivity index (χ0v) is 18.6. The summed E-state index contributed by atoms with van der Waals surface area (Å²) in [5.74, 6) is 1.33.